The summed E-state index contributed by atoms with van der Waals surface area (Å²) in [6.07, 6.45) is 0. The summed E-state index contributed by atoms with van der Waals surface area (Å²) in [7, 11) is 0. The van der Waals surface area contributed by atoms with Crippen molar-refractivity contribution >= 4 is 44.2 Å². The van der Waals surface area contributed by atoms with Crippen LogP contribution in [0.3, 0.4) is 0 Å². The summed E-state index contributed by atoms with van der Waals surface area (Å²) >= 11 is 3.50. The van der Waals surface area contributed by atoms with Crippen molar-refractivity contribution in [2.75, 3.05) is 0 Å². The van der Waals surface area contributed by atoms with Crippen LogP contribution < -0.4 is 0 Å². The molecular formula is C30H22O2S2. The SMILES string of the molecule is Cc1ccc(-c2ccc3ccc(O)c(-c4c(O)ccc5ccc(-c6ccc(C)s6)cc45)c3c2)s1. The third-order valence-corrected chi connectivity index (χ3v) is 8.40. The van der Waals surface area contributed by atoms with Crippen LogP contribution in [0.5, 0.6) is 11.5 Å². The molecule has 0 unspecified atom stereocenters. The lowest BCUT2D eigenvalue weighted by molar-refractivity contribution is 0.470. The third kappa shape index (κ3) is 3.47. The van der Waals surface area contributed by atoms with E-state index in [0.717, 1.165) is 32.7 Å². The Morgan fingerprint density at radius 1 is 0.500 bits per heavy atom. The zero-order valence-electron chi connectivity index (χ0n) is 18.8. The quantitative estimate of drug-likeness (QED) is 0.266. The number of thiophene rings is 2. The standard InChI is InChI=1S/C30H22O2S2/c1-17-3-13-27(33-17)21-7-5-19-9-11-25(31)29(23(19)15-21)30-24-16-22(28-14-4-18(2)34-28)8-6-20(24)10-12-26(30)32/h3-16,31-32H,1-2H3. The van der Waals surface area contributed by atoms with E-state index in [0.29, 0.717) is 11.1 Å². The molecule has 2 N–H and O–H groups in total. The molecule has 0 fully saturated rings. The number of benzene rings is 4. The van der Waals surface area contributed by atoms with Gasteiger partial charge in [-0.25, -0.2) is 0 Å². The minimum absolute atomic E-state index is 0.159. The van der Waals surface area contributed by atoms with Crippen molar-refractivity contribution in [1.29, 1.82) is 0 Å². The van der Waals surface area contributed by atoms with Crippen LogP contribution in [0, 0.1) is 13.8 Å². The number of phenols is 2. The molecule has 6 rings (SSSR count). The Morgan fingerprint density at radius 3 is 1.29 bits per heavy atom. The normalized spacial score (nSPS) is 11.5. The van der Waals surface area contributed by atoms with Gasteiger partial charge in [-0.05, 0) is 95.1 Å². The minimum Gasteiger partial charge on any atom is -0.507 e. The van der Waals surface area contributed by atoms with Crippen LogP contribution in [0.2, 0.25) is 0 Å². The molecule has 34 heavy (non-hydrogen) atoms. The summed E-state index contributed by atoms with van der Waals surface area (Å²) in [6.45, 7) is 4.21. The molecule has 0 saturated heterocycles. The highest BCUT2D eigenvalue weighted by Crippen LogP contribution is 2.46. The second-order valence-electron chi connectivity index (χ2n) is 8.61. The first kappa shape index (κ1) is 21.0. The van der Waals surface area contributed by atoms with Crippen LogP contribution in [-0.2, 0) is 0 Å². The molecule has 0 aliphatic heterocycles. The molecule has 0 aliphatic carbocycles. The summed E-state index contributed by atoms with van der Waals surface area (Å²) in [4.78, 5) is 4.89. The van der Waals surface area contributed by atoms with Crippen LogP contribution in [-0.4, -0.2) is 10.2 Å². The lowest BCUT2D eigenvalue weighted by atomic mass is 9.90. The van der Waals surface area contributed by atoms with Gasteiger partial charge < -0.3 is 10.2 Å². The molecule has 4 heteroatoms. The van der Waals surface area contributed by atoms with Gasteiger partial charge in [0, 0.05) is 30.6 Å². The van der Waals surface area contributed by atoms with Crippen LogP contribution in [0.4, 0.5) is 0 Å². The van der Waals surface area contributed by atoms with Gasteiger partial charge in [0.15, 0.2) is 0 Å². The van der Waals surface area contributed by atoms with Gasteiger partial charge in [-0.2, -0.15) is 0 Å². The Kier molecular flexibility index (Phi) is 4.94. The van der Waals surface area contributed by atoms with E-state index in [2.05, 4.69) is 74.5 Å². The van der Waals surface area contributed by atoms with Crippen LogP contribution in [0.25, 0.3) is 53.6 Å². The predicted octanol–water partition coefficient (Wildman–Crippen LogP) is 9.15. The molecule has 0 bridgehead atoms. The number of hydrogen-bond acceptors (Lipinski definition) is 4. The van der Waals surface area contributed by atoms with Crippen molar-refractivity contribution < 1.29 is 10.2 Å². The van der Waals surface area contributed by atoms with Gasteiger partial charge in [0.25, 0.3) is 0 Å². The average molecular weight is 479 g/mol. The fourth-order valence-electron chi connectivity index (χ4n) is 4.63. The van der Waals surface area contributed by atoms with E-state index in [-0.39, 0.29) is 11.5 Å². The summed E-state index contributed by atoms with van der Waals surface area (Å²) in [6, 6.07) is 28.5. The lowest BCUT2D eigenvalue weighted by Gasteiger charge is -2.15. The van der Waals surface area contributed by atoms with E-state index in [1.165, 1.54) is 19.5 Å². The molecule has 2 heterocycles. The van der Waals surface area contributed by atoms with E-state index in [1.54, 1.807) is 34.8 Å². The maximum atomic E-state index is 11.1. The monoisotopic (exact) mass is 478 g/mol. The highest BCUT2D eigenvalue weighted by atomic mass is 32.1. The second-order valence-corrected chi connectivity index (χ2v) is 11.2. The van der Waals surface area contributed by atoms with E-state index < -0.39 is 0 Å². The number of hydrogen-bond donors (Lipinski definition) is 2. The van der Waals surface area contributed by atoms with Crippen molar-refractivity contribution in [2.24, 2.45) is 0 Å². The Hall–Kier alpha value is -3.60. The Balaban J connectivity index is 1.66. The van der Waals surface area contributed by atoms with Crippen LogP contribution in [0.1, 0.15) is 9.75 Å². The van der Waals surface area contributed by atoms with Crippen LogP contribution >= 0.6 is 22.7 Å². The van der Waals surface area contributed by atoms with Gasteiger partial charge in [0.2, 0.25) is 0 Å². The van der Waals surface area contributed by atoms with Crippen molar-refractivity contribution in [3.05, 3.63) is 94.7 Å². The van der Waals surface area contributed by atoms with E-state index >= 15 is 0 Å². The van der Waals surface area contributed by atoms with E-state index in [9.17, 15) is 10.2 Å². The van der Waals surface area contributed by atoms with E-state index in [4.69, 9.17) is 0 Å². The largest absolute Gasteiger partial charge is 0.507 e. The maximum absolute atomic E-state index is 11.1. The van der Waals surface area contributed by atoms with Gasteiger partial charge in [-0.1, -0.05) is 36.4 Å². The molecule has 2 aromatic heterocycles. The molecule has 0 spiro atoms. The molecule has 0 saturated carbocycles. The number of fused-ring (bicyclic) bond motifs is 2. The van der Waals surface area contributed by atoms with Crippen molar-refractivity contribution in [3.63, 3.8) is 0 Å². The number of aryl methyl sites for hydroxylation is 2. The van der Waals surface area contributed by atoms with Gasteiger partial charge in [-0.15, -0.1) is 22.7 Å². The molecular weight excluding hydrogens is 456 g/mol. The Bertz CT molecular complexity index is 1580. The third-order valence-electron chi connectivity index (χ3n) is 6.30. The van der Waals surface area contributed by atoms with Crippen molar-refractivity contribution in [3.8, 4) is 43.5 Å². The molecule has 166 valence electrons. The first-order valence-electron chi connectivity index (χ1n) is 11.1. The molecule has 6 aromatic rings. The fraction of sp³-hybridized carbons (Fsp3) is 0.0667. The summed E-state index contributed by atoms with van der Waals surface area (Å²) < 4.78 is 0. The molecule has 0 amide bonds. The molecule has 0 aliphatic rings. The zero-order chi connectivity index (χ0) is 23.4. The Labute approximate surface area is 206 Å². The van der Waals surface area contributed by atoms with Crippen molar-refractivity contribution in [1.82, 2.24) is 0 Å². The van der Waals surface area contributed by atoms with Gasteiger partial charge >= 0.3 is 0 Å². The lowest BCUT2D eigenvalue weighted by Crippen LogP contribution is -1.88. The maximum Gasteiger partial charge on any atom is 0.124 e. The van der Waals surface area contributed by atoms with Crippen LogP contribution in [0.15, 0.2) is 84.9 Å². The molecule has 2 nitrogen and oxygen atoms in total. The zero-order valence-corrected chi connectivity index (χ0v) is 20.4. The number of aromatic hydroxyl groups is 2. The molecule has 0 atom stereocenters. The topological polar surface area (TPSA) is 40.5 Å². The molecule has 0 radical (unpaired) electrons. The highest BCUT2D eigenvalue weighted by molar-refractivity contribution is 7.15. The summed E-state index contributed by atoms with van der Waals surface area (Å²) in [5, 5.41) is 26.1. The average Bonchev–Trinajstić information content (AvgIpc) is 3.47. The first-order chi connectivity index (χ1) is 16.5. The van der Waals surface area contributed by atoms with E-state index in [1.807, 2.05) is 12.1 Å². The minimum atomic E-state index is 0.159. The summed E-state index contributed by atoms with van der Waals surface area (Å²) in [5.41, 5.74) is 3.53. The highest BCUT2D eigenvalue weighted by Gasteiger charge is 2.18. The molecule has 4 aromatic carbocycles. The van der Waals surface area contributed by atoms with Gasteiger partial charge in [0.05, 0.1) is 0 Å². The fourth-order valence-corrected chi connectivity index (χ4v) is 6.36. The first-order valence-corrected chi connectivity index (χ1v) is 12.8. The smallest absolute Gasteiger partial charge is 0.124 e. The predicted molar refractivity (Wildman–Crippen MR) is 146 cm³/mol. The number of phenolic OH excluding ortho intramolecular Hbond substituents is 2. The Morgan fingerprint density at radius 2 is 0.912 bits per heavy atom. The summed E-state index contributed by atoms with van der Waals surface area (Å²) in [5.74, 6) is 0.319. The van der Waals surface area contributed by atoms with Crippen molar-refractivity contribution in [2.45, 2.75) is 13.8 Å². The van der Waals surface area contributed by atoms with Gasteiger partial charge in [-0.3, -0.25) is 0 Å². The van der Waals surface area contributed by atoms with Gasteiger partial charge in [0.1, 0.15) is 11.5 Å². The number of rotatable bonds is 3. The second kappa shape index (κ2) is 8.01.